The fourth-order valence-electron chi connectivity index (χ4n) is 2.05. The third-order valence-electron chi connectivity index (χ3n) is 3.38. The van der Waals surface area contributed by atoms with Crippen molar-refractivity contribution in [2.24, 2.45) is 5.10 Å². The van der Waals surface area contributed by atoms with Crippen LogP contribution in [0.2, 0.25) is 0 Å². The average Bonchev–Trinajstić information content (AvgIpc) is 2.61. The van der Waals surface area contributed by atoms with E-state index in [0.717, 1.165) is 23.8 Å². The SMILES string of the molecule is CC(/C=N/NC(=O)c1cc([N+](=O)[O-])cc([N+](=O)[O-])c1)c1ccccc1. The molecule has 0 saturated heterocycles. The van der Waals surface area contributed by atoms with E-state index < -0.39 is 27.1 Å². The van der Waals surface area contributed by atoms with Gasteiger partial charge in [0.25, 0.3) is 17.3 Å². The van der Waals surface area contributed by atoms with Gasteiger partial charge in [-0.15, -0.1) is 0 Å². The van der Waals surface area contributed by atoms with Crippen LogP contribution >= 0.6 is 0 Å². The van der Waals surface area contributed by atoms with Gasteiger partial charge in [0.2, 0.25) is 0 Å². The standard InChI is InChI=1S/C16H14N4O5/c1-11(12-5-3-2-4-6-12)10-17-18-16(21)13-7-14(19(22)23)9-15(8-13)20(24)25/h2-11H,1H3,(H,18,21)/b17-10+. The molecular weight excluding hydrogens is 328 g/mol. The Morgan fingerprint density at radius 2 is 1.64 bits per heavy atom. The first-order valence-corrected chi connectivity index (χ1v) is 7.21. The first kappa shape index (κ1) is 17.7. The van der Waals surface area contributed by atoms with Gasteiger partial charge in [-0.1, -0.05) is 37.3 Å². The molecule has 0 aliphatic carbocycles. The Morgan fingerprint density at radius 3 is 2.16 bits per heavy atom. The van der Waals surface area contributed by atoms with Crippen LogP contribution in [0, 0.1) is 20.2 Å². The first-order valence-electron chi connectivity index (χ1n) is 7.21. The van der Waals surface area contributed by atoms with Crippen molar-refractivity contribution < 1.29 is 14.6 Å². The number of hydrogen-bond donors (Lipinski definition) is 1. The lowest BCUT2D eigenvalue weighted by Gasteiger charge is -2.05. The monoisotopic (exact) mass is 342 g/mol. The summed E-state index contributed by atoms with van der Waals surface area (Å²) < 4.78 is 0. The highest BCUT2D eigenvalue weighted by Gasteiger charge is 2.19. The topological polar surface area (TPSA) is 128 Å². The molecule has 0 radical (unpaired) electrons. The van der Waals surface area contributed by atoms with Gasteiger partial charge in [0.05, 0.1) is 21.5 Å². The van der Waals surface area contributed by atoms with Gasteiger partial charge < -0.3 is 0 Å². The molecule has 0 bridgehead atoms. The molecule has 2 aromatic carbocycles. The maximum absolute atomic E-state index is 12.0. The highest BCUT2D eigenvalue weighted by atomic mass is 16.6. The molecule has 9 heteroatoms. The molecule has 1 atom stereocenters. The minimum Gasteiger partial charge on any atom is -0.267 e. The zero-order valence-corrected chi connectivity index (χ0v) is 13.2. The Morgan fingerprint density at radius 1 is 1.08 bits per heavy atom. The Kier molecular flexibility index (Phi) is 5.51. The molecule has 0 aliphatic heterocycles. The van der Waals surface area contributed by atoms with E-state index in [1.54, 1.807) is 0 Å². The van der Waals surface area contributed by atoms with Crippen LogP contribution in [0.5, 0.6) is 0 Å². The van der Waals surface area contributed by atoms with E-state index in [9.17, 15) is 25.0 Å². The van der Waals surface area contributed by atoms with Gasteiger partial charge in [0, 0.05) is 24.3 Å². The van der Waals surface area contributed by atoms with Crippen LogP contribution in [0.15, 0.2) is 53.6 Å². The Labute approximate surface area is 142 Å². The fraction of sp³-hybridized carbons (Fsp3) is 0.125. The third kappa shape index (κ3) is 4.67. The molecule has 0 aromatic heterocycles. The van der Waals surface area contributed by atoms with E-state index in [-0.39, 0.29) is 11.5 Å². The molecule has 25 heavy (non-hydrogen) atoms. The van der Waals surface area contributed by atoms with Crippen molar-refractivity contribution in [2.75, 3.05) is 0 Å². The lowest BCUT2D eigenvalue weighted by Crippen LogP contribution is -2.18. The molecule has 1 amide bonds. The number of carbonyl (C=O) groups is 1. The summed E-state index contributed by atoms with van der Waals surface area (Å²) in [6.07, 6.45) is 1.50. The van der Waals surface area contributed by atoms with Crippen molar-refractivity contribution in [1.82, 2.24) is 5.43 Å². The first-order chi connectivity index (χ1) is 11.9. The Hall–Kier alpha value is -3.62. The maximum atomic E-state index is 12.0. The highest BCUT2D eigenvalue weighted by Crippen LogP contribution is 2.22. The average molecular weight is 342 g/mol. The van der Waals surface area contributed by atoms with Gasteiger partial charge >= 0.3 is 0 Å². The second-order valence-corrected chi connectivity index (χ2v) is 5.17. The highest BCUT2D eigenvalue weighted by molar-refractivity contribution is 5.95. The number of nitro benzene ring substituents is 2. The van der Waals surface area contributed by atoms with Crippen molar-refractivity contribution in [3.05, 3.63) is 79.9 Å². The molecule has 1 N–H and O–H groups in total. The Balaban J connectivity index is 2.14. The predicted molar refractivity (Wildman–Crippen MR) is 90.6 cm³/mol. The van der Waals surface area contributed by atoms with Gasteiger partial charge in [-0.25, -0.2) is 5.43 Å². The largest absolute Gasteiger partial charge is 0.277 e. The molecule has 2 aromatic rings. The molecule has 1 unspecified atom stereocenters. The molecule has 9 nitrogen and oxygen atoms in total. The predicted octanol–water partition coefficient (Wildman–Crippen LogP) is 3.02. The number of hydrogen-bond acceptors (Lipinski definition) is 6. The van der Waals surface area contributed by atoms with Crippen LogP contribution in [0.25, 0.3) is 0 Å². The van der Waals surface area contributed by atoms with E-state index in [1.807, 2.05) is 37.3 Å². The van der Waals surface area contributed by atoms with Crippen molar-refractivity contribution in [3.8, 4) is 0 Å². The molecule has 0 fully saturated rings. The zero-order valence-electron chi connectivity index (χ0n) is 13.2. The molecule has 128 valence electrons. The smallest absolute Gasteiger partial charge is 0.267 e. The molecular formula is C16H14N4O5. The molecule has 0 heterocycles. The summed E-state index contributed by atoms with van der Waals surface area (Å²) in [6, 6.07) is 12.1. The summed E-state index contributed by atoms with van der Waals surface area (Å²) in [4.78, 5) is 32.1. The second-order valence-electron chi connectivity index (χ2n) is 5.17. The van der Waals surface area contributed by atoms with Crippen LogP contribution < -0.4 is 5.43 Å². The minimum absolute atomic E-state index is 0.0686. The third-order valence-corrected chi connectivity index (χ3v) is 3.38. The van der Waals surface area contributed by atoms with E-state index in [2.05, 4.69) is 10.5 Å². The van der Waals surface area contributed by atoms with Crippen molar-refractivity contribution >= 4 is 23.5 Å². The van der Waals surface area contributed by atoms with Crippen LogP contribution in [-0.2, 0) is 0 Å². The summed E-state index contributed by atoms with van der Waals surface area (Å²) in [5.74, 6) is -0.843. The minimum atomic E-state index is -0.801. The van der Waals surface area contributed by atoms with E-state index in [1.165, 1.54) is 6.21 Å². The summed E-state index contributed by atoms with van der Waals surface area (Å²) in [5, 5.41) is 25.5. The van der Waals surface area contributed by atoms with Crippen molar-refractivity contribution in [1.29, 1.82) is 0 Å². The van der Waals surface area contributed by atoms with E-state index in [4.69, 9.17) is 0 Å². The Bertz CT molecular complexity index is 803. The van der Waals surface area contributed by atoms with Crippen molar-refractivity contribution in [2.45, 2.75) is 12.8 Å². The van der Waals surface area contributed by atoms with Gasteiger partial charge in [-0.2, -0.15) is 5.10 Å². The summed E-state index contributed by atoms with van der Waals surface area (Å²) in [6.45, 7) is 1.88. The van der Waals surface area contributed by atoms with Crippen LogP contribution in [-0.4, -0.2) is 22.0 Å². The quantitative estimate of drug-likeness (QED) is 0.490. The molecule has 0 spiro atoms. The molecule has 0 saturated carbocycles. The number of non-ortho nitro benzene ring substituents is 2. The fourth-order valence-corrected chi connectivity index (χ4v) is 2.05. The molecule has 0 aliphatic rings. The van der Waals surface area contributed by atoms with Crippen molar-refractivity contribution in [3.63, 3.8) is 0 Å². The number of nitrogens with one attached hydrogen (secondary N) is 1. The number of nitrogens with zero attached hydrogens (tertiary/aromatic N) is 3. The number of rotatable bonds is 6. The number of hydrazone groups is 1. The number of benzene rings is 2. The summed E-state index contributed by atoms with van der Waals surface area (Å²) >= 11 is 0. The van der Waals surface area contributed by atoms with Gasteiger partial charge in [-0.3, -0.25) is 25.0 Å². The summed E-state index contributed by atoms with van der Waals surface area (Å²) in [5.41, 5.74) is 1.91. The van der Waals surface area contributed by atoms with Gasteiger partial charge in [0.15, 0.2) is 0 Å². The maximum Gasteiger partial charge on any atom is 0.277 e. The summed E-state index contributed by atoms with van der Waals surface area (Å²) in [7, 11) is 0. The van der Waals surface area contributed by atoms with Crippen LogP contribution in [0.3, 0.4) is 0 Å². The van der Waals surface area contributed by atoms with Crippen LogP contribution in [0.1, 0.15) is 28.8 Å². The second kappa shape index (κ2) is 7.77. The zero-order chi connectivity index (χ0) is 18.4. The number of carbonyl (C=O) groups excluding carboxylic acids is 1. The van der Waals surface area contributed by atoms with Gasteiger partial charge in [-0.05, 0) is 5.56 Å². The molecule has 2 rings (SSSR count). The number of nitro groups is 2. The van der Waals surface area contributed by atoms with Crippen LogP contribution in [0.4, 0.5) is 11.4 Å². The van der Waals surface area contributed by atoms with E-state index in [0.29, 0.717) is 0 Å². The number of amides is 1. The van der Waals surface area contributed by atoms with E-state index >= 15 is 0 Å². The van der Waals surface area contributed by atoms with Gasteiger partial charge in [0.1, 0.15) is 0 Å². The lowest BCUT2D eigenvalue weighted by molar-refractivity contribution is -0.394. The normalized spacial score (nSPS) is 11.9. The lowest BCUT2D eigenvalue weighted by atomic mass is 10.0.